The number of likely N-dealkylation sites (N-methyl/N-ethyl adjacent to an activating group) is 1. The van der Waals surface area contributed by atoms with E-state index in [0.29, 0.717) is 34.8 Å². The van der Waals surface area contributed by atoms with E-state index in [4.69, 9.17) is 28.5 Å². The van der Waals surface area contributed by atoms with Crippen LogP contribution in [0.2, 0.25) is 0 Å². The van der Waals surface area contributed by atoms with Gasteiger partial charge in [-0.1, -0.05) is 29.4 Å². The topological polar surface area (TPSA) is 206 Å². The van der Waals surface area contributed by atoms with Gasteiger partial charge >= 0.3 is 24.4 Å². The van der Waals surface area contributed by atoms with Crippen LogP contribution in [0.5, 0.6) is 0 Å². The minimum atomic E-state index is -1.52. The Kier molecular flexibility index (Phi) is 14.5. The molecular weight excluding hydrogens is 791 g/mol. The zero-order valence-electron chi connectivity index (χ0n) is 37.0. The second-order valence-corrected chi connectivity index (χ2v) is 17.0. The Hall–Kier alpha value is -6.59. The fourth-order valence-electron chi connectivity index (χ4n) is 5.65. The monoisotopic (exact) mass is 845 g/mol. The molecule has 0 aliphatic heterocycles. The number of amides is 4. The van der Waals surface area contributed by atoms with Crippen molar-refractivity contribution in [3.63, 3.8) is 0 Å². The number of rotatable bonds is 10. The van der Waals surface area contributed by atoms with Gasteiger partial charge in [0, 0.05) is 56.1 Å². The Bertz CT molecular complexity index is 2290. The summed E-state index contributed by atoms with van der Waals surface area (Å²) in [5.41, 5.74) is -1.31. The SMILES string of the molecule is CCN(CC)C(=O)C(C)n1cc(-c2cnc(N(C(=O)OC(=O)OC(C)(C)C)C(=O)OC(C)(C)C)c(-c3cc(-c4ccc(CN(C)C(=O)OC(C)(C)C)cc4)no3)n2)ccc1=O. The van der Waals surface area contributed by atoms with Gasteiger partial charge in [-0.25, -0.2) is 29.1 Å². The third kappa shape index (κ3) is 12.7. The highest BCUT2D eigenvalue weighted by atomic mass is 16.8. The summed E-state index contributed by atoms with van der Waals surface area (Å²) in [6, 6.07) is 10.5. The first-order valence-electron chi connectivity index (χ1n) is 19.7. The molecule has 328 valence electrons. The summed E-state index contributed by atoms with van der Waals surface area (Å²) in [6.07, 6.45) is -1.98. The normalized spacial score (nSPS) is 12.2. The van der Waals surface area contributed by atoms with E-state index in [1.165, 1.54) is 40.1 Å². The van der Waals surface area contributed by atoms with Crippen LogP contribution < -0.4 is 10.5 Å². The van der Waals surface area contributed by atoms with E-state index in [-0.39, 0.29) is 29.6 Å². The first-order chi connectivity index (χ1) is 28.3. The average Bonchev–Trinajstić information content (AvgIpc) is 3.64. The molecule has 0 saturated heterocycles. The first-order valence-corrected chi connectivity index (χ1v) is 19.7. The van der Waals surface area contributed by atoms with Crippen LogP contribution in [0.3, 0.4) is 0 Å². The highest BCUT2D eigenvalue weighted by Crippen LogP contribution is 2.34. The maximum absolute atomic E-state index is 13.8. The molecule has 1 unspecified atom stereocenters. The summed E-state index contributed by atoms with van der Waals surface area (Å²) < 4.78 is 28.2. The van der Waals surface area contributed by atoms with Crippen LogP contribution in [-0.4, -0.2) is 96.8 Å². The molecule has 0 N–H and O–H groups in total. The van der Waals surface area contributed by atoms with E-state index in [1.54, 1.807) is 105 Å². The standard InChI is InChI=1S/C43H55N7O11/c1-14-48(15-2)36(52)26(3)49-25-29(20-21-33(49)51)31-23-44-35(50(39(55)59-42(7,8)9)38(54)57-40(56)60-43(10,11)12)34(45-31)32-22-30(46-61-32)28-18-16-27(17-19-28)24-47(13)37(53)58-41(4,5)6/h16-23,25-26H,14-15,24H2,1-13H3. The molecule has 1 aromatic carbocycles. The molecule has 4 rings (SSSR count). The van der Waals surface area contributed by atoms with Gasteiger partial charge in [0.1, 0.15) is 28.5 Å². The number of ether oxygens (including phenoxy) is 4. The largest absolute Gasteiger partial charge is 0.517 e. The van der Waals surface area contributed by atoms with Crippen molar-refractivity contribution in [1.29, 1.82) is 0 Å². The minimum absolute atomic E-state index is 0.0786. The minimum Gasteiger partial charge on any atom is -0.444 e. The van der Waals surface area contributed by atoms with Crippen LogP contribution in [0.25, 0.3) is 34.0 Å². The summed E-state index contributed by atoms with van der Waals surface area (Å²) in [4.78, 5) is 91.8. The van der Waals surface area contributed by atoms with Crippen LogP contribution in [0.4, 0.5) is 25.0 Å². The zero-order valence-corrected chi connectivity index (χ0v) is 37.0. The van der Waals surface area contributed by atoms with Gasteiger partial charge in [-0.15, -0.1) is 0 Å². The van der Waals surface area contributed by atoms with Crippen LogP contribution in [0.15, 0.2) is 64.2 Å². The number of carbonyl (C=O) groups is 5. The molecule has 0 spiro atoms. The number of benzene rings is 1. The van der Waals surface area contributed by atoms with Gasteiger partial charge in [-0.2, -0.15) is 4.90 Å². The molecule has 0 aliphatic carbocycles. The maximum Gasteiger partial charge on any atom is 0.517 e. The molecule has 3 aromatic heterocycles. The lowest BCUT2D eigenvalue weighted by atomic mass is 10.1. The smallest absolute Gasteiger partial charge is 0.444 e. The molecule has 4 amide bonds. The van der Waals surface area contributed by atoms with Gasteiger partial charge in [0.15, 0.2) is 17.3 Å². The molecule has 0 fully saturated rings. The predicted molar refractivity (Wildman–Crippen MR) is 224 cm³/mol. The average molecular weight is 846 g/mol. The molecule has 61 heavy (non-hydrogen) atoms. The van der Waals surface area contributed by atoms with Crippen LogP contribution >= 0.6 is 0 Å². The number of hydrogen-bond acceptors (Lipinski definition) is 14. The van der Waals surface area contributed by atoms with E-state index >= 15 is 0 Å². The quantitative estimate of drug-likeness (QED) is 0.0838. The van der Waals surface area contributed by atoms with Crippen molar-refractivity contribution in [3.8, 4) is 34.0 Å². The summed E-state index contributed by atoms with van der Waals surface area (Å²) in [5, 5.41) is 4.22. The number of carbonyl (C=O) groups excluding carboxylic acids is 5. The van der Waals surface area contributed by atoms with E-state index < -0.39 is 58.7 Å². The maximum atomic E-state index is 13.8. The third-order valence-corrected chi connectivity index (χ3v) is 8.49. The van der Waals surface area contributed by atoms with Gasteiger partial charge in [-0.05, 0) is 94.7 Å². The molecule has 0 bridgehead atoms. The molecule has 0 aliphatic rings. The lowest BCUT2D eigenvalue weighted by Crippen LogP contribution is -2.43. The van der Waals surface area contributed by atoms with Crippen molar-refractivity contribution in [3.05, 3.63) is 70.8 Å². The molecule has 0 radical (unpaired) electrons. The predicted octanol–water partition coefficient (Wildman–Crippen LogP) is 8.24. The number of hydrogen-bond donors (Lipinski definition) is 0. The Morgan fingerprint density at radius 3 is 1.92 bits per heavy atom. The van der Waals surface area contributed by atoms with Crippen molar-refractivity contribution in [2.45, 2.75) is 112 Å². The number of nitrogens with zero attached hydrogens (tertiary/aromatic N) is 7. The van der Waals surface area contributed by atoms with Crippen LogP contribution in [-0.2, 0) is 30.3 Å². The van der Waals surface area contributed by atoms with Crippen LogP contribution in [0.1, 0.15) is 94.7 Å². The van der Waals surface area contributed by atoms with E-state index in [1.807, 2.05) is 13.8 Å². The molecule has 1 atom stereocenters. The molecule has 4 aromatic rings. The van der Waals surface area contributed by atoms with Crippen molar-refractivity contribution in [1.82, 2.24) is 29.5 Å². The third-order valence-electron chi connectivity index (χ3n) is 8.49. The summed E-state index contributed by atoms with van der Waals surface area (Å²) in [7, 11) is 1.63. The Morgan fingerprint density at radius 2 is 1.34 bits per heavy atom. The molecular formula is C43H55N7O11. The molecule has 18 heteroatoms. The molecule has 3 heterocycles. The van der Waals surface area contributed by atoms with Gasteiger partial charge in [0.25, 0.3) is 5.56 Å². The van der Waals surface area contributed by atoms with Gasteiger partial charge in [-0.3, -0.25) is 9.59 Å². The highest BCUT2D eigenvalue weighted by Gasteiger charge is 2.37. The lowest BCUT2D eigenvalue weighted by molar-refractivity contribution is -0.134. The fraction of sp³-hybridized carbons (Fsp3) is 0.465. The highest BCUT2D eigenvalue weighted by molar-refractivity contribution is 6.12. The summed E-state index contributed by atoms with van der Waals surface area (Å²) >= 11 is 0. The van der Waals surface area contributed by atoms with Gasteiger partial charge in [0.2, 0.25) is 5.91 Å². The zero-order chi connectivity index (χ0) is 45.6. The lowest BCUT2D eigenvalue weighted by Gasteiger charge is -2.26. The second-order valence-electron chi connectivity index (χ2n) is 17.0. The van der Waals surface area contributed by atoms with E-state index in [2.05, 4.69) is 10.1 Å². The van der Waals surface area contributed by atoms with Crippen molar-refractivity contribution < 1.29 is 47.4 Å². The van der Waals surface area contributed by atoms with Crippen molar-refractivity contribution >= 4 is 36.2 Å². The Morgan fingerprint density at radius 1 is 0.770 bits per heavy atom. The molecule has 0 saturated carbocycles. The first kappa shape index (κ1) is 47.1. The number of anilines is 1. The second kappa shape index (κ2) is 18.8. The number of aromatic nitrogens is 4. The van der Waals surface area contributed by atoms with E-state index in [9.17, 15) is 28.8 Å². The van der Waals surface area contributed by atoms with E-state index in [0.717, 1.165) is 5.56 Å². The Labute approximate surface area is 354 Å². The van der Waals surface area contributed by atoms with Crippen molar-refractivity contribution in [2.75, 3.05) is 25.0 Å². The summed E-state index contributed by atoms with van der Waals surface area (Å²) in [5.74, 6) is -0.807. The fourth-order valence-corrected chi connectivity index (χ4v) is 5.65. The number of pyridine rings is 1. The molecule has 18 nitrogen and oxygen atoms in total. The summed E-state index contributed by atoms with van der Waals surface area (Å²) in [6.45, 7) is 21.2. The Balaban J connectivity index is 1.85. The van der Waals surface area contributed by atoms with Crippen LogP contribution in [0, 0.1) is 0 Å². The van der Waals surface area contributed by atoms with Gasteiger partial charge in [0.05, 0.1) is 11.9 Å². The number of imide groups is 1. The van der Waals surface area contributed by atoms with Crippen molar-refractivity contribution in [2.24, 2.45) is 0 Å². The van der Waals surface area contributed by atoms with Gasteiger partial charge < -0.3 is 37.8 Å².